The maximum Gasteiger partial charge on any atom is 0.138 e. The van der Waals surface area contributed by atoms with Gasteiger partial charge >= 0.3 is 0 Å². The highest BCUT2D eigenvalue weighted by Gasteiger charge is 2.07. The van der Waals surface area contributed by atoms with Gasteiger partial charge in [-0.25, -0.2) is 9.97 Å². The molecule has 0 bridgehead atoms. The van der Waals surface area contributed by atoms with Crippen molar-refractivity contribution in [2.75, 3.05) is 0 Å². The molecule has 0 atom stereocenters. The Kier molecular flexibility index (Phi) is 4.54. The van der Waals surface area contributed by atoms with E-state index in [1.165, 1.54) is 0 Å². The second-order valence-electron chi connectivity index (χ2n) is 3.85. The van der Waals surface area contributed by atoms with Crippen LogP contribution < -0.4 is 5.73 Å². The van der Waals surface area contributed by atoms with Crippen LogP contribution in [0.1, 0.15) is 36.6 Å². The van der Waals surface area contributed by atoms with E-state index in [9.17, 15) is 0 Å². The van der Waals surface area contributed by atoms with E-state index in [1.54, 1.807) is 0 Å². The summed E-state index contributed by atoms with van der Waals surface area (Å²) in [5, 5.41) is 0.614. The van der Waals surface area contributed by atoms with Gasteiger partial charge in [0.2, 0.25) is 0 Å². The number of aromatic nitrogens is 2. The highest BCUT2D eigenvalue weighted by molar-refractivity contribution is 7.99. The number of nitrogens with zero attached hydrogens (tertiary/aromatic N) is 2. The lowest BCUT2D eigenvalue weighted by atomic mass is 10.2. The Morgan fingerprint density at radius 3 is 2.13 bits per heavy atom. The zero-order chi connectivity index (χ0) is 11.4. The summed E-state index contributed by atoms with van der Waals surface area (Å²) in [6, 6.07) is 0. The monoisotopic (exact) mass is 225 g/mol. The molecule has 1 rings (SSSR count). The third-order valence-electron chi connectivity index (χ3n) is 2.22. The molecule has 0 spiro atoms. The first kappa shape index (κ1) is 12.5. The van der Waals surface area contributed by atoms with Gasteiger partial charge in [-0.15, -0.1) is 0 Å². The Morgan fingerprint density at radius 2 is 1.73 bits per heavy atom. The standard InChI is InChI=1S/C11H19N3S/c1-7(2)15-6-11-13-8(3)10(5-12)9(4)14-11/h7H,5-6,12H2,1-4H3. The van der Waals surface area contributed by atoms with Crippen LogP contribution in [-0.4, -0.2) is 15.2 Å². The van der Waals surface area contributed by atoms with Crippen LogP contribution in [0.4, 0.5) is 0 Å². The average molecular weight is 225 g/mol. The molecule has 0 saturated carbocycles. The fourth-order valence-corrected chi connectivity index (χ4v) is 2.02. The van der Waals surface area contributed by atoms with E-state index in [4.69, 9.17) is 5.73 Å². The van der Waals surface area contributed by atoms with Gasteiger partial charge in [-0.05, 0) is 19.1 Å². The number of hydrogen-bond donors (Lipinski definition) is 1. The Bertz CT molecular complexity index is 314. The smallest absolute Gasteiger partial charge is 0.138 e. The fourth-order valence-electron chi connectivity index (χ4n) is 1.41. The second kappa shape index (κ2) is 5.47. The van der Waals surface area contributed by atoms with Crippen LogP contribution in [-0.2, 0) is 12.3 Å². The van der Waals surface area contributed by atoms with Crippen molar-refractivity contribution in [3.05, 3.63) is 22.8 Å². The molecule has 0 aliphatic carbocycles. The van der Waals surface area contributed by atoms with Gasteiger partial charge in [-0.3, -0.25) is 0 Å². The molecule has 1 aromatic heterocycles. The largest absolute Gasteiger partial charge is 0.326 e. The van der Waals surface area contributed by atoms with Crippen molar-refractivity contribution in [3.63, 3.8) is 0 Å². The molecule has 2 N–H and O–H groups in total. The number of rotatable bonds is 4. The minimum atomic E-state index is 0.523. The van der Waals surface area contributed by atoms with Gasteiger partial charge in [0.25, 0.3) is 0 Å². The van der Waals surface area contributed by atoms with Crippen molar-refractivity contribution in [1.82, 2.24) is 9.97 Å². The molecular weight excluding hydrogens is 206 g/mol. The minimum Gasteiger partial charge on any atom is -0.326 e. The molecule has 1 aromatic rings. The predicted octanol–water partition coefficient (Wildman–Crippen LogP) is 2.19. The summed E-state index contributed by atoms with van der Waals surface area (Å²) in [4.78, 5) is 8.93. The first-order chi connectivity index (χ1) is 7.04. The molecule has 84 valence electrons. The lowest BCUT2D eigenvalue weighted by Gasteiger charge is -2.09. The Balaban J connectivity index is 2.84. The van der Waals surface area contributed by atoms with E-state index >= 15 is 0 Å². The van der Waals surface area contributed by atoms with Gasteiger partial charge in [-0.1, -0.05) is 13.8 Å². The summed E-state index contributed by atoms with van der Waals surface area (Å²) >= 11 is 1.86. The van der Waals surface area contributed by atoms with Gasteiger partial charge in [0.1, 0.15) is 5.82 Å². The summed E-state index contributed by atoms with van der Waals surface area (Å²) in [7, 11) is 0. The van der Waals surface area contributed by atoms with Crippen molar-refractivity contribution >= 4 is 11.8 Å². The van der Waals surface area contributed by atoms with Gasteiger partial charge in [0.15, 0.2) is 0 Å². The highest BCUT2D eigenvalue weighted by Crippen LogP contribution is 2.16. The molecule has 0 aromatic carbocycles. The third-order valence-corrected chi connectivity index (χ3v) is 3.31. The fraction of sp³-hybridized carbons (Fsp3) is 0.636. The van der Waals surface area contributed by atoms with Crippen molar-refractivity contribution in [2.45, 2.75) is 45.2 Å². The maximum atomic E-state index is 5.64. The molecular formula is C11H19N3S. The molecule has 0 fully saturated rings. The summed E-state index contributed by atoms with van der Waals surface area (Å²) in [5.74, 6) is 1.80. The van der Waals surface area contributed by atoms with E-state index in [0.29, 0.717) is 11.8 Å². The van der Waals surface area contributed by atoms with Crippen LogP contribution >= 0.6 is 11.8 Å². The van der Waals surface area contributed by atoms with Crippen molar-refractivity contribution in [3.8, 4) is 0 Å². The van der Waals surface area contributed by atoms with Gasteiger partial charge < -0.3 is 5.73 Å². The average Bonchev–Trinajstić information content (AvgIpc) is 2.14. The molecule has 0 aliphatic heterocycles. The molecule has 0 amide bonds. The molecule has 3 nitrogen and oxygen atoms in total. The van der Waals surface area contributed by atoms with Crippen LogP contribution in [0.25, 0.3) is 0 Å². The van der Waals surface area contributed by atoms with Crippen LogP contribution in [0.2, 0.25) is 0 Å². The van der Waals surface area contributed by atoms with Crippen molar-refractivity contribution in [1.29, 1.82) is 0 Å². The molecule has 4 heteroatoms. The maximum absolute atomic E-state index is 5.64. The first-order valence-corrected chi connectivity index (χ1v) is 6.24. The number of hydrogen-bond acceptors (Lipinski definition) is 4. The number of thioether (sulfide) groups is 1. The number of aryl methyl sites for hydroxylation is 2. The summed E-state index contributed by atoms with van der Waals surface area (Å²) in [6.45, 7) is 8.88. The Morgan fingerprint density at radius 1 is 1.20 bits per heavy atom. The van der Waals surface area contributed by atoms with Crippen molar-refractivity contribution in [2.24, 2.45) is 5.73 Å². The lowest BCUT2D eigenvalue weighted by Crippen LogP contribution is -2.09. The van der Waals surface area contributed by atoms with E-state index in [1.807, 2.05) is 25.6 Å². The minimum absolute atomic E-state index is 0.523. The number of nitrogens with two attached hydrogens (primary N) is 1. The van der Waals surface area contributed by atoms with E-state index < -0.39 is 0 Å². The van der Waals surface area contributed by atoms with E-state index in [-0.39, 0.29) is 0 Å². The highest BCUT2D eigenvalue weighted by atomic mass is 32.2. The lowest BCUT2D eigenvalue weighted by molar-refractivity contribution is 0.889. The quantitative estimate of drug-likeness (QED) is 0.853. The van der Waals surface area contributed by atoms with E-state index in [0.717, 1.165) is 28.5 Å². The third kappa shape index (κ3) is 3.47. The normalized spacial score (nSPS) is 11.1. The topological polar surface area (TPSA) is 51.8 Å². The molecule has 15 heavy (non-hydrogen) atoms. The molecule has 1 heterocycles. The zero-order valence-electron chi connectivity index (χ0n) is 9.87. The summed E-state index contributed by atoms with van der Waals surface area (Å²) in [5.41, 5.74) is 8.75. The van der Waals surface area contributed by atoms with E-state index in [2.05, 4.69) is 23.8 Å². The van der Waals surface area contributed by atoms with Crippen molar-refractivity contribution < 1.29 is 0 Å². The predicted molar refractivity (Wildman–Crippen MR) is 65.8 cm³/mol. The Labute approximate surface area is 95.9 Å². The Hall–Kier alpha value is -0.610. The van der Waals surface area contributed by atoms with Crippen LogP contribution in [0.3, 0.4) is 0 Å². The van der Waals surface area contributed by atoms with Crippen LogP contribution in [0, 0.1) is 13.8 Å². The molecule has 0 unspecified atom stereocenters. The summed E-state index contributed by atoms with van der Waals surface area (Å²) in [6.07, 6.45) is 0. The summed E-state index contributed by atoms with van der Waals surface area (Å²) < 4.78 is 0. The second-order valence-corrected chi connectivity index (χ2v) is 5.42. The van der Waals surface area contributed by atoms with Crippen LogP contribution in [0.5, 0.6) is 0 Å². The molecule has 0 radical (unpaired) electrons. The van der Waals surface area contributed by atoms with Gasteiger partial charge in [0.05, 0.1) is 5.75 Å². The SMILES string of the molecule is Cc1nc(CSC(C)C)nc(C)c1CN. The first-order valence-electron chi connectivity index (χ1n) is 5.19. The van der Waals surface area contributed by atoms with Gasteiger partial charge in [0, 0.05) is 23.5 Å². The molecule has 0 aliphatic rings. The molecule has 0 saturated heterocycles. The van der Waals surface area contributed by atoms with Crippen LogP contribution in [0.15, 0.2) is 0 Å². The van der Waals surface area contributed by atoms with Gasteiger partial charge in [-0.2, -0.15) is 11.8 Å². The zero-order valence-corrected chi connectivity index (χ0v) is 10.7.